The van der Waals surface area contributed by atoms with Crippen LogP contribution in [0.15, 0.2) is 70.0 Å². The molecular formula is C24H20N2O5S2. The second-order valence-electron chi connectivity index (χ2n) is 8.14. The molecule has 0 aliphatic carbocycles. The van der Waals surface area contributed by atoms with Gasteiger partial charge >= 0.3 is 5.97 Å². The summed E-state index contributed by atoms with van der Waals surface area (Å²) in [5.74, 6) is -1.62. The van der Waals surface area contributed by atoms with Crippen LogP contribution in [0.25, 0.3) is 42.7 Å². The summed E-state index contributed by atoms with van der Waals surface area (Å²) in [6.07, 6.45) is 0. The summed E-state index contributed by atoms with van der Waals surface area (Å²) in [5.41, 5.74) is 3.02. The molecule has 2 N–H and O–H groups in total. The Morgan fingerprint density at radius 3 is 2.55 bits per heavy atom. The number of hydrogen-bond donors (Lipinski definition) is 2. The summed E-state index contributed by atoms with van der Waals surface area (Å²) in [4.78, 5) is 16.1. The van der Waals surface area contributed by atoms with Crippen LogP contribution in [0.4, 0.5) is 0 Å². The molecule has 1 atom stereocenters. The van der Waals surface area contributed by atoms with Crippen LogP contribution in [0.3, 0.4) is 0 Å². The molecule has 0 unspecified atom stereocenters. The zero-order valence-electron chi connectivity index (χ0n) is 17.8. The highest BCUT2D eigenvalue weighted by Crippen LogP contribution is 2.36. The lowest BCUT2D eigenvalue weighted by Crippen LogP contribution is -2.44. The molecule has 5 aromatic rings. The first-order valence-corrected chi connectivity index (χ1v) is 12.6. The minimum Gasteiger partial charge on any atom is -0.480 e. The van der Waals surface area contributed by atoms with E-state index in [1.165, 1.54) is 12.1 Å². The van der Waals surface area contributed by atoms with Crippen molar-refractivity contribution in [1.29, 1.82) is 0 Å². The number of nitrogens with zero attached hydrogens (tertiary/aromatic N) is 1. The van der Waals surface area contributed by atoms with E-state index in [4.69, 9.17) is 4.42 Å². The fourth-order valence-corrected chi connectivity index (χ4v) is 6.08. The Morgan fingerprint density at radius 1 is 1.03 bits per heavy atom. The molecule has 0 aliphatic heterocycles. The monoisotopic (exact) mass is 480 g/mol. The third kappa shape index (κ3) is 3.88. The summed E-state index contributed by atoms with van der Waals surface area (Å²) in [6.45, 7) is 3.30. The molecule has 33 heavy (non-hydrogen) atoms. The van der Waals surface area contributed by atoms with Crippen molar-refractivity contribution >= 4 is 59.5 Å². The van der Waals surface area contributed by atoms with E-state index >= 15 is 0 Å². The van der Waals surface area contributed by atoms with E-state index in [0.29, 0.717) is 16.6 Å². The van der Waals surface area contributed by atoms with Crippen molar-refractivity contribution in [2.75, 3.05) is 0 Å². The lowest BCUT2D eigenvalue weighted by molar-refractivity contribution is -0.140. The zero-order chi connectivity index (χ0) is 23.3. The van der Waals surface area contributed by atoms with Gasteiger partial charge in [-0.05, 0) is 48.4 Å². The fourth-order valence-electron chi connectivity index (χ4n) is 3.76. The molecule has 9 heteroatoms. The first-order valence-electron chi connectivity index (χ1n) is 10.3. The number of fused-ring (bicyclic) bond motifs is 4. The summed E-state index contributed by atoms with van der Waals surface area (Å²) in [7, 11) is -4.03. The second-order valence-corrected chi connectivity index (χ2v) is 10.9. The van der Waals surface area contributed by atoms with E-state index in [9.17, 15) is 18.3 Å². The number of carboxylic acids is 1. The molecular weight excluding hydrogens is 460 g/mol. The van der Waals surface area contributed by atoms with Gasteiger partial charge < -0.3 is 9.52 Å². The van der Waals surface area contributed by atoms with Crippen molar-refractivity contribution < 1.29 is 22.7 Å². The predicted octanol–water partition coefficient (Wildman–Crippen LogP) is 5.25. The van der Waals surface area contributed by atoms with Gasteiger partial charge in [0.2, 0.25) is 10.0 Å². The first kappa shape index (κ1) is 21.6. The Balaban J connectivity index is 1.55. The summed E-state index contributed by atoms with van der Waals surface area (Å²) >= 11 is 1.59. The Kier molecular flexibility index (Phi) is 5.19. The highest BCUT2D eigenvalue weighted by atomic mass is 32.2. The normalized spacial score (nSPS) is 13.3. The van der Waals surface area contributed by atoms with Gasteiger partial charge in [-0.15, -0.1) is 11.3 Å². The molecule has 0 aliphatic rings. The largest absolute Gasteiger partial charge is 0.480 e. The molecule has 2 aromatic heterocycles. The molecule has 0 saturated heterocycles. The number of rotatable bonds is 6. The van der Waals surface area contributed by atoms with Crippen LogP contribution in [0.2, 0.25) is 0 Å². The van der Waals surface area contributed by atoms with Crippen LogP contribution in [0.1, 0.15) is 13.8 Å². The van der Waals surface area contributed by atoms with E-state index in [0.717, 1.165) is 26.2 Å². The molecule has 3 aromatic carbocycles. The minimum atomic E-state index is -4.03. The van der Waals surface area contributed by atoms with Crippen LogP contribution in [-0.4, -0.2) is 30.5 Å². The number of thiazole rings is 1. The van der Waals surface area contributed by atoms with Gasteiger partial charge in [0, 0.05) is 16.3 Å². The number of hydrogen-bond acceptors (Lipinski definition) is 6. The molecule has 0 radical (unpaired) electrons. The number of carboxylic acid groups (broad SMARTS) is 1. The van der Waals surface area contributed by atoms with Crippen LogP contribution in [0.5, 0.6) is 0 Å². The third-order valence-corrected chi connectivity index (χ3v) is 8.03. The van der Waals surface area contributed by atoms with E-state index in [-0.39, 0.29) is 4.90 Å². The van der Waals surface area contributed by atoms with Crippen LogP contribution >= 0.6 is 11.3 Å². The topological polar surface area (TPSA) is 110 Å². The standard InChI is InChI=1S/C24H20N2O5S2/c1-13(2)22(24(27)28)26-33(29,30)15-8-10-19-17(12-15)16-9-7-14(11-20(16)31-19)23-25-18-5-3-4-6-21(18)32-23/h3-13,22,26H,1-2H3,(H,27,28)/t22-/m1/s1. The quantitative estimate of drug-likeness (QED) is 0.343. The second kappa shape index (κ2) is 7.95. The van der Waals surface area contributed by atoms with E-state index in [1.54, 1.807) is 31.3 Å². The van der Waals surface area contributed by atoms with Gasteiger partial charge in [-0.1, -0.05) is 32.0 Å². The molecule has 0 amide bonds. The average molecular weight is 481 g/mol. The Bertz CT molecular complexity index is 1600. The van der Waals surface area contributed by atoms with Gasteiger partial charge in [0.05, 0.1) is 15.1 Å². The van der Waals surface area contributed by atoms with E-state index in [1.807, 2.05) is 42.5 Å². The maximum absolute atomic E-state index is 12.9. The van der Waals surface area contributed by atoms with Crippen molar-refractivity contribution in [2.24, 2.45) is 5.92 Å². The molecule has 0 bridgehead atoms. The average Bonchev–Trinajstić information content (AvgIpc) is 3.37. The van der Waals surface area contributed by atoms with Crippen molar-refractivity contribution in [3.63, 3.8) is 0 Å². The van der Waals surface area contributed by atoms with Gasteiger partial charge in [-0.3, -0.25) is 4.79 Å². The molecule has 0 saturated carbocycles. The van der Waals surface area contributed by atoms with Gasteiger partial charge in [-0.2, -0.15) is 4.72 Å². The maximum atomic E-state index is 12.9. The number of carbonyl (C=O) groups is 1. The number of aromatic nitrogens is 1. The number of nitrogens with one attached hydrogen (secondary N) is 1. The van der Waals surface area contributed by atoms with E-state index < -0.39 is 28.0 Å². The predicted molar refractivity (Wildman–Crippen MR) is 129 cm³/mol. The van der Waals surface area contributed by atoms with Crippen molar-refractivity contribution in [1.82, 2.24) is 9.71 Å². The first-order chi connectivity index (χ1) is 15.7. The highest BCUT2D eigenvalue weighted by Gasteiger charge is 2.28. The van der Waals surface area contributed by atoms with Crippen molar-refractivity contribution in [3.8, 4) is 10.6 Å². The lowest BCUT2D eigenvalue weighted by atomic mass is 10.1. The van der Waals surface area contributed by atoms with Crippen LogP contribution in [0, 0.1) is 5.92 Å². The minimum absolute atomic E-state index is 0.0140. The number of furan rings is 1. The van der Waals surface area contributed by atoms with Crippen LogP contribution in [-0.2, 0) is 14.8 Å². The zero-order valence-corrected chi connectivity index (χ0v) is 19.4. The molecule has 0 spiro atoms. The maximum Gasteiger partial charge on any atom is 0.322 e. The Morgan fingerprint density at radius 2 is 1.82 bits per heavy atom. The number of para-hydroxylation sites is 1. The molecule has 0 fully saturated rings. The molecule has 2 heterocycles. The highest BCUT2D eigenvalue weighted by molar-refractivity contribution is 7.89. The van der Waals surface area contributed by atoms with Gasteiger partial charge in [-0.25, -0.2) is 13.4 Å². The van der Waals surface area contributed by atoms with Gasteiger partial charge in [0.1, 0.15) is 22.2 Å². The van der Waals surface area contributed by atoms with E-state index in [2.05, 4.69) is 9.71 Å². The smallest absolute Gasteiger partial charge is 0.322 e. The van der Waals surface area contributed by atoms with Crippen molar-refractivity contribution in [2.45, 2.75) is 24.8 Å². The number of aliphatic carboxylic acids is 1. The molecule has 5 rings (SSSR count). The van der Waals surface area contributed by atoms with Crippen LogP contribution < -0.4 is 4.72 Å². The van der Waals surface area contributed by atoms with Gasteiger partial charge in [0.25, 0.3) is 0 Å². The molecule has 168 valence electrons. The summed E-state index contributed by atoms with van der Waals surface area (Å²) < 4.78 is 35.1. The van der Waals surface area contributed by atoms with Crippen molar-refractivity contribution in [3.05, 3.63) is 60.7 Å². The number of benzene rings is 3. The SMILES string of the molecule is CC(C)[C@@H](NS(=O)(=O)c1ccc2oc3cc(-c4nc5ccccc5s4)ccc3c2c1)C(=O)O. The fraction of sp³-hybridized carbons (Fsp3) is 0.167. The number of sulfonamides is 1. The molecule has 7 nitrogen and oxygen atoms in total. The lowest BCUT2D eigenvalue weighted by Gasteiger charge is -2.17. The summed E-state index contributed by atoms with van der Waals surface area (Å²) in [5, 5.41) is 11.6. The Hall–Kier alpha value is -3.27. The van der Waals surface area contributed by atoms with Gasteiger partial charge in [0.15, 0.2) is 0 Å². The Labute approximate surface area is 193 Å². The third-order valence-electron chi connectivity index (χ3n) is 5.51. The summed E-state index contributed by atoms with van der Waals surface area (Å²) in [6, 6.07) is 17.0.